The molecule has 1 saturated heterocycles. The van der Waals surface area contributed by atoms with Crippen LogP contribution in [-0.2, 0) is 0 Å². The minimum atomic E-state index is -0.0983. The van der Waals surface area contributed by atoms with Gasteiger partial charge >= 0.3 is 0 Å². The van der Waals surface area contributed by atoms with Crippen molar-refractivity contribution in [3.8, 4) is 5.88 Å². The van der Waals surface area contributed by atoms with E-state index in [2.05, 4.69) is 25.4 Å². The van der Waals surface area contributed by atoms with Crippen LogP contribution in [0.15, 0.2) is 30.5 Å². The first-order valence-corrected chi connectivity index (χ1v) is 9.33. The molecule has 1 aliphatic heterocycles. The molecule has 3 heterocycles. The summed E-state index contributed by atoms with van der Waals surface area (Å²) in [4.78, 5) is 18.8. The van der Waals surface area contributed by atoms with Crippen molar-refractivity contribution in [2.45, 2.75) is 19.9 Å². The van der Waals surface area contributed by atoms with E-state index in [4.69, 9.17) is 16.3 Å². The van der Waals surface area contributed by atoms with Crippen LogP contribution in [0.25, 0.3) is 10.9 Å². The quantitative estimate of drug-likeness (QED) is 0.729. The Balaban J connectivity index is 1.45. The molecule has 1 amide bonds. The zero-order chi connectivity index (χ0) is 19.8. The van der Waals surface area contributed by atoms with Gasteiger partial charge in [-0.2, -0.15) is 10.2 Å². The van der Waals surface area contributed by atoms with Crippen molar-refractivity contribution in [1.82, 2.24) is 20.5 Å². The van der Waals surface area contributed by atoms with E-state index >= 15 is 0 Å². The standard InChI is InChI=1S/C20H20ClN5O2/c1-11-12(2)24-25-17-5-4-13(6-15(11)17)20(27)23-14-9-26(10-14)18-7-19(28-3)22-8-16(18)21/h4-8,14H,9-10H2,1-3H3,(H,23,27). The number of amides is 1. The number of carbonyl (C=O) groups is 1. The summed E-state index contributed by atoms with van der Waals surface area (Å²) in [6, 6.07) is 7.34. The van der Waals surface area contributed by atoms with Gasteiger partial charge in [0, 0.05) is 30.1 Å². The average molecular weight is 398 g/mol. The van der Waals surface area contributed by atoms with Gasteiger partial charge in [0.1, 0.15) is 0 Å². The highest BCUT2D eigenvalue weighted by atomic mass is 35.5. The molecule has 8 heteroatoms. The van der Waals surface area contributed by atoms with Gasteiger partial charge in [-0.05, 0) is 37.6 Å². The molecule has 0 aliphatic carbocycles. The molecule has 144 valence electrons. The number of nitrogens with one attached hydrogen (secondary N) is 1. The maximum absolute atomic E-state index is 12.7. The lowest BCUT2D eigenvalue weighted by Crippen LogP contribution is -2.59. The third-order valence-electron chi connectivity index (χ3n) is 5.09. The van der Waals surface area contributed by atoms with Crippen LogP contribution < -0.4 is 15.0 Å². The molecule has 0 unspecified atom stereocenters. The maximum Gasteiger partial charge on any atom is 0.251 e. The normalized spacial score (nSPS) is 14.1. The fraction of sp³-hybridized carbons (Fsp3) is 0.300. The maximum atomic E-state index is 12.7. The number of ether oxygens (including phenoxy) is 1. The summed E-state index contributed by atoms with van der Waals surface area (Å²) in [6.07, 6.45) is 1.57. The van der Waals surface area contributed by atoms with Crippen LogP contribution in [0.4, 0.5) is 5.69 Å². The SMILES string of the molecule is COc1cc(N2CC(NC(=O)c3ccc4nnc(C)c(C)c4c3)C2)c(Cl)cn1. The number of pyridine rings is 1. The van der Waals surface area contributed by atoms with Gasteiger partial charge in [0.05, 0.1) is 41.3 Å². The smallest absolute Gasteiger partial charge is 0.251 e. The fourth-order valence-electron chi connectivity index (χ4n) is 3.26. The average Bonchev–Trinajstić information content (AvgIpc) is 2.67. The number of fused-ring (bicyclic) bond motifs is 1. The summed E-state index contributed by atoms with van der Waals surface area (Å²) in [5, 5.41) is 12.9. The highest BCUT2D eigenvalue weighted by Crippen LogP contribution is 2.31. The molecular weight excluding hydrogens is 378 g/mol. The third-order valence-corrected chi connectivity index (χ3v) is 5.38. The van der Waals surface area contributed by atoms with Gasteiger partial charge in [0.2, 0.25) is 5.88 Å². The van der Waals surface area contributed by atoms with E-state index in [0.29, 0.717) is 29.6 Å². The number of carbonyl (C=O) groups excluding carboxylic acids is 1. The van der Waals surface area contributed by atoms with Crippen molar-refractivity contribution >= 4 is 34.1 Å². The lowest BCUT2D eigenvalue weighted by atomic mass is 10.0. The predicted octanol–water partition coefficient (Wildman–Crippen LogP) is 2.92. The molecule has 28 heavy (non-hydrogen) atoms. The first kappa shape index (κ1) is 18.4. The Bertz CT molecular complexity index is 1070. The van der Waals surface area contributed by atoms with Crippen LogP contribution in [0.5, 0.6) is 5.88 Å². The summed E-state index contributed by atoms with van der Waals surface area (Å²) in [5.74, 6) is 0.413. The van der Waals surface area contributed by atoms with E-state index in [1.165, 1.54) is 0 Å². The number of hydrogen-bond acceptors (Lipinski definition) is 6. The number of hydrogen-bond donors (Lipinski definition) is 1. The number of benzene rings is 1. The second-order valence-corrected chi connectivity index (χ2v) is 7.30. The van der Waals surface area contributed by atoms with Crippen LogP contribution >= 0.6 is 11.6 Å². The van der Waals surface area contributed by atoms with Crippen LogP contribution in [0.3, 0.4) is 0 Å². The highest BCUT2D eigenvalue weighted by molar-refractivity contribution is 6.33. The molecule has 0 saturated carbocycles. The van der Waals surface area contributed by atoms with Gasteiger partial charge in [-0.25, -0.2) is 4.98 Å². The van der Waals surface area contributed by atoms with Crippen LogP contribution in [0.2, 0.25) is 5.02 Å². The zero-order valence-corrected chi connectivity index (χ0v) is 16.6. The molecular formula is C20H20ClN5O2. The molecule has 0 spiro atoms. The molecule has 1 N–H and O–H groups in total. The van der Waals surface area contributed by atoms with Gasteiger partial charge in [-0.3, -0.25) is 4.79 Å². The van der Waals surface area contributed by atoms with E-state index in [-0.39, 0.29) is 11.9 Å². The molecule has 0 radical (unpaired) electrons. The van der Waals surface area contributed by atoms with Gasteiger partial charge in [-0.15, -0.1) is 0 Å². The minimum absolute atomic E-state index is 0.0526. The number of anilines is 1. The van der Waals surface area contributed by atoms with Gasteiger partial charge in [0.25, 0.3) is 5.91 Å². The van der Waals surface area contributed by atoms with E-state index in [1.54, 1.807) is 25.4 Å². The van der Waals surface area contributed by atoms with Crippen LogP contribution in [-0.4, -0.2) is 47.3 Å². The van der Waals surface area contributed by atoms with Crippen molar-refractivity contribution in [2.75, 3.05) is 25.1 Å². The number of rotatable bonds is 4. The summed E-state index contributed by atoms with van der Waals surface area (Å²) in [6.45, 7) is 5.26. The molecule has 2 aromatic heterocycles. The first-order valence-electron chi connectivity index (χ1n) is 8.95. The van der Waals surface area contributed by atoms with E-state index in [0.717, 1.165) is 27.8 Å². The number of aromatic nitrogens is 3. The Hall–Kier alpha value is -2.93. The number of methoxy groups -OCH3 is 1. The second kappa shape index (κ2) is 7.24. The monoisotopic (exact) mass is 397 g/mol. The van der Waals surface area contributed by atoms with Crippen molar-refractivity contribution < 1.29 is 9.53 Å². The van der Waals surface area contributed by atoms with E-state index in [1.807, 2.05) is 26.0 Å². The van der Waals surface area contributed by atoms with Crippen LogP contribution in [0.1, 0.15) is 21.6 Å². The Morgan fingerprint density at radius 1 is 1.25 bits per heavy atom. The van der Waals surface area contributed by atoms with Crippen molar-refractivity contribution in [3.05, 3.63) is 52.3 Å². The first-order chi connectivity index (χ1) is 13.5. The topological polar surface area (TPSA) is 80.2 Å². The lowest BCUT2D eigenvalue weighted by Gasteiger charge is -2.41. The number of halogens is 1. The van der Waals surface area contributed by atoms with Gasteiger partial charge < -0.3 is 15.0 Å². The van der Waals surface area contributed by atoms with Crippen molar-refractivity contribution in [3.63, 3.8) is 0 Å². The van der Waals surface area contributed by atoms with Crippen molar-refractivity contribution in [2.24, 2.45) is 0 Å². The predicted molar refractivity (Wildman–Crippen MR) is 108 cm³/mol. The number of nitrogens with zero attached hydrogens (tertiary/aromatic N) is 4. The third kappa shape index (κ3) is 3.33. The van der Waals surface area contributed by atoms with Gasteiger partial charge in [-0.1, -0.05) is 11.6 Å². The molecule has 0 bridgehead atoms. The summed E-state index contributed by atoms with van der Waals surface area (Å²) >= 11 is 6.23. The second-order valence-electron chi connectivity index (χ2n) is 6.90. The Labute approximate surface area is 167 Å². The molecule has 4 rings (SSSR count). The zero-order valence-electron chi connectivity index (χ0n) is 15.9. The summed E-state index contributed by atoms with van der Waals surface area (Å²) in [5.41, 5.74) is 4.16. The Kier molecular flexibility index (Phi) is 4.77. The lowest BCUT2D eigenvalue weighted by molar-refractivity contribution is 0.0930. The Morgan fingerprint density at radius 2 is 2.04 bits per heavy atom. The van der Waals surface area contributed by atoms with E-state index < -0.39 is 0 Å². The largest absolute Gasteiger partial charge is 0.481 e. The fourth-order valence-corrected chi connectivity index (χ4v) is 3.49. The van der Waals surface area contributed by atoms with Crippen molar-refractivity contribution in [1.29, 1.82) is 0 Å². The minimum Gasteiger partial charge on any atom is -0.481 e. The molecule has 1 aliphatic rings. The molecule has 3 aromatic rings. The summed E-state index contributed by atoms with van der Waals surface area (Å²) < 4.78 is 5.16. The molecule has 1 aromatic carbocycles. The van der Waals surface area contributed by atoms with Gasteiger partial charge in [0.15, 0.2) is 0 Å². The van der Waals surface area contributed by atoms with E-state index in [9.17, 15) is 4.79 Å². The molecule has 7 nitrogen and oxygen atoms in total. The number of aryl methyl sites for hydroxylation is 2. The molecule has 0 atom stereocenters. The summed E-state index contributed by atoms with van der Waals surface area (Å²) in [7, 11) is 1.57. The molecule has 1 fully saturated rings. The highest BCUT2D eigenvalue weighted by Gasteiger charge is 2.30. The van der Waals surface area contributed by atoms with Crippen LogP contribution in [0, 0.1) is 13.8 Å². The Morgan fingerprint density at radius 3 is 2.79 bits per heavy atom.